The van der Waals surface area contributed by atoms with Crippen molar-refractivity contribution in [3.05, 3.63) is 88.2 Å². The minimum absolute atomic E-state index is 0.0213. The summed E-state index contributed by atoms with van der Waals surface area (Å²) in [5, 5.41) is 21.2. The standard InChI is InChI=1S/C25H24N2O5/c1-26(2)15-6-9-18-21(12-15)32-22-13-16(27(3)4)7-10-19(22)23(18)17-8-5-14(24(28)29)11-20(17)25(30)31/h5-13,15H,1-4H3,(H,28,29)(H,30,31)/p-1. The molecule has 1 aliphatic carbocycles. The van der Waals surface area contributed by atoms with E-state index in [2.05, 4.69) is 0 Å². The molecule has 2 aromatic carbocycles. The van der Waals surface area contributed by atoms with E-state index in [0.29, 0.717) is 22.6 Å². The number of hydrogen-bond acceptors (Lipinski definition) is 6. The molecule has 7 heteroatoms. The van der Waals surface area contributed by atoms with Gasteiger partial charge in [0.15, 0.2) is 0 Å². The number of rotatable bonds is 5. The first-order valence-electron chi connectivity index (χ1n) is 10.1. The first-order valence-corrected chi connectivity index (χ1v) is 10.1. The fraction of sp³-hybridized carbons (Fsp3) is 0.200. The number of hydrogen-bond donors (Lipinski definition) is 1. The molecule has 32 heavy (non-hydrogen) atoms. The third kappa shape index (κ3) is 3.67. The molecular formula is C25H23N2O5-. The molecule has 1 atom stereocenters. The van der Waals surface area contributed by atoms with E-state index in [1.54, 1.807) is 0 Å². The summed E-state index contributed by atoms with van der Waals surface area (Å²) in [5.74, 6) is -1.41. The largest absolute Gasteiger partial charge is 0.545 e. The third-order valence-corrected chi connectivity index (χ3v) is 5.64. The van der Waals surface area contributed by atoms with Crippen LogP contribution in [0, 0.1) is 0 Å². The van der Waals surface area contributed by atoms with Crippen LogP contribution in [0.5, 0.6) is 5.75 Å². The SMILES string of the molecule is CN(C)c1ccc2c(c1)OC1=CC(N(C)C)C=CC1=C2c1ccc(C(=O)[O-])cc1C(=O)O. The number of ether oxygens (including phenoxy) is 1. The van der Waals surface area contributed by atoms with Crippen molar-refractivity contribution in [1.82, 2.24) is 4.90 Å². The van der Waals surface area contributed by atoms with Crippen LogP contribution in [0.15, 0.2) is 66.0 Å². The van der Waals surface area contributed by atoms with E-state index in [4.69, 9.17) is 4.74 Å². The second-order valence-electron chi connectivity index (χ2n) is 8.16. The number of benzene rings is 2. The van der Waals surface area contributed by atoms with Crippen molar-refractivity contribution in [3.63, 3.8) is 0 Å². The Morgan fingerprint density at radius 2 is 1.75 bits per heavy atom. The Labute approximate surface area is 186 Å². The lowest BCUT2D eigenvalue weighted by molar-refractivity contribution is -0.255. The maximum atomic E-state index is 12.1. The van der Waals surface area contributed by atoms with E-state index in [-0.39, 0.29) is 17.2 Å². The van der Waals surface area contributed by atoms with E-state index in [1.807, 2.05) is 74.4 Å². The predicted octanol–water partition coefficient (Wildman–Crippen LogP) is 2.39. The van der Waals surface area contributed by atoms with Crippen molar-refractivity contribution in [2.24, 2.45) is 0 Å². The van der Waals surface area contributed by atoms with Crippen LogP contribution in [-0.4, -0.2) is 56.2 Å². The van der Waals surface area contributed by atoms with Crippen LogP contribution in [0.1, 0.15) is 31.8 Å². The Hall–Kier alpha value is -3.84. The third-order valence-electron chi connectivity index (χ3n) is 5.64. The van der Waals surface area contributed by atoms with Gasteiger partial charge in [-0.15, -0.1) is 0 Å². The van der Waals surface area contributed by atoms with Gasteiger partial charge in [-0.1, -0.05) is 24.3 Å². The molecule has 164 valence electrons. The number of carboxylic acid groups (broad SMARTS) is 2. The van der Waals surface area contributed by atoms with Crippen molar-refractivity contribution >= 4 is 23.2 Å². The summed E-state index contributed by atoms with van der Waals surface area (Å²) < 4.78 is 6.27. The molecule has 0 spiro atoms. The Balaban J connectivity index is 2.01. The number of allylic oxidation sites excluding steroid dienone is 1. The number of nitrogens with zero attached hydrogens (tertiary/aromatic N) is 2. The molecule has 2 aromatic rings. The summed E-state index contributed by atoms with van der Waals surface area (Å²) in [7, 11) is 7.78. The van der Waals surface area contributed by atoms with Crippen LogP contribution >= 0.6 is 0 Å². The van der Waals surface area contributed by atoms with Gasteiger partial charge in [0, 0.05) is 48.6 Å². The van der Waals surface area contributed by atoms with Gasteiger partial charge in [-0.05, 0) is 49.5 Å². The van der Waals surface area contributed by atoms with Gasteiger partial charge in [-0.2, -0.15) is 0 Å². The van der Waals surface area contributed by atoms with Gasteiger partial charge in [-0.3, -0.25) is 4.90 Å². The number of carbonyl (C=O) groups excluding carboxylic acids is 1. The molecule has 7 nitrogen and oxygen atoms in total. The average molecular weight is 431 g/mol. The highest BCUT2D eigenvalue weighted by molar-refractivity contribution is 6.02. The first kappa shape index (κ1) is 21.4. The van der Waals surface area contributed by atoms with E-state index in [1.165, 1.54) is 12.1 Å². The molecule has 0 fully saturated rings. The zero-order chi connectivity index (χ0) is 23.2. The Kier molecular flexibility index (Phi) is 5.36. The molecule has 2 aliphatic rings. The highest BCUT2D eigenvalue weighted by Crippen LogP contribution is 2.45. The summed E-state index contributed by atoms with van der Waals surface area (Å²) in [4.78, 5) is 27.4. The quantitative estimate of drug-likeness (QED) is 0.777. The highest BCUT2D eigenvalue weighted by Gasteiger charge is 2.30. The maximum absolute atomic E-state index is 12.1. The molecule has 1 unspecified atom stereocenters. The molecule has 1 N–H and O–H groups in total. The van der Waals surface area contributed by atoms with Crippen LogP contribution in [0.2, 0.25) is 0 Å². The molecular weight excluding hydrogens is 408 g/mol. The summed E-state index contributed by atoms with van der Waals surface area (Å²) in [6, 6.07) is 9.79. The number of fused-ring (bicyclic) bond motifs is 2. The summed E-state index contributed by atoms with van der Waals surface area (Å²) in [6.45, 7) is 0. The number of anilines is 1. The Bertz CT molecular complexity index is 1220. The van der Waals surface area contributed by atoms with Gasteiger partial charge in [0.25, 0.3) is 0 Å². The molecule has 0 saturated heterocycles. The van der Waals surface area contributed by atoms with Gasteiger partial charge in [0.05, 0.1) is 11.5 Å². The van der Waals surface area contributed by atoms with Gasteiger partial charge < -0.3 is 24.6 Å². The number of aromatic carboxylic acids is 2. The van der Waals surface area contributed by atoms with Crippen LogP contribution in [-0.2, 0) is 0 Å². The van der Waals surface area contributed by atoms with Crippen molar-refractivity contribution in [3.8, 4) is 5.75 Å². The molecule has 0 radical (unpaired) electrons. The second-order valence-corrected chi connectivity index (χ2v) is 8.16. The maximum Gasteiger partial charge on any atom is 0.336 e. The molecule has 1 heterocycles. The Morgan fingerprint density at radius 1 is 1.03 bits per heavy atom. The predicted molar refractivity (Wildman–Crippen MR) is 120 cm³/mol. The van der Waals surface area contributed by atoms with E-state index < -0.39 is 11.9 Å². The molecule has 0 aromatic heterocycles. The summed E-state index contributed by atoms with van der Waals surface area (Å²) in [6.07, 6.45) is 5.92. The average Bonchev–Trinajstić information content (AvgIpc) is 2.75. The number of carbonyl (C=O) groups is 2. The van der Waals surface area contributed by atoms with Gasteiger partial charge >= 0.3 is 5.97 Å². The number of carboxylic acids is 2. The van der Waals surface area contributed by atoms with Crippen LogP contribution in [0.4, 0.5) is 5.69 Å². The van der Waals surface area contributed by atoms with Crippen LogP contribution in [0.25, 0.3) is 5.57 Å². The van der Waals surface area contributed by atoms with E-state index in [0.717, 1.165) is 22.9 Å². The van der Waals surface area contributed by atoms with Crippen molar-refractivity contribution in [1.29, 1.82) is 0 Å². The Morgan fingerprint density at radius 3 is 2.38 bits per heavy atom. The molecule has 4 rings (SSSR count). The first-order chi connectivity index (χ1) is 15.2. The topological polar surface area (TPSA) is 93.1 Å². The zero-order valence-electron chi connectivity index (χ0n) is 18.2. The van der Waals surface area contributed by atoms with Crippen LogP contribution in [0.3, 0.4) is 0 Å². The fourth-order valence-corrected chi connectivity index (χ4v) is 3.89. The monoisotopic (exact) mass is 431 g/mol. The van der Waals surface area contributed by atoms with Crippen molar-refractivity contribution in [2.45, 2.75) is 6.04 Å². The lowest BCUT2D eigenvalue weighted by Gasteiger charge is -2.31. The fourth-order valence-electron chi connectivity index (χ4n) is 3.89. The van der Waals surface area contributed by atoms with E-state index in [9.17, 15) is 19.8 Å². The summed E-state index contributed by atoms with van der Waals surface area (Å²) >= 11 is 0. The lowest BCUT2D eigenvalue weighted by atomic mass is 9.84. The lowest BCUT2D eigenvalue weighted by Crippen LogP contribution is -2.27. The van der Waals surface area contributed by atoms with Gasteiger partial charge in [-0.25, -0.2) is 4.79 Å². The molecule has 1 aliphatic heterocycles. The van der Waals surface area contributed by atoms with Crippen molar-refractivity contribution < 1.29 is 24.5 Å². The highest BCUT2D eigenvalue weighted by atomic mass is 16.5. The minimum Gasteiger partial charge on any atom is -0.545 e. The molecule has 0 bridgehead atoms. The molecule has 0 saturated carbocycles. The van der Waals surface area contributed by atoms with Gasteiger partial charge in [0.1, 0.15) is 11.5 Å². The van der Waals surface area contributed by atoms with E-state index >= 15 is 0 Å². The van der Waals surface area contributed by atoms with Crippen molar-refractivity contribution in [2.75, 3.05) is 33.1 Å². The normalized spacial score (nSPS) is 16.8. The van der Waals surface area contributed by atoms with Gasteiger partial charge in [0.2, 0.25) is 0 Å². The zero-order valence-corrected chi connectivity index (χ0v) is 18.2. The molecule has 0 amide bonds. The minimum atomic E-state index is -1.42. The van der Waals surface area contributed by atoms with Crippen LogP contribution < -0.4 is 14.7 Å². The number of likely N-dealkylation sites (N-methyl/N-ethyl adjacent to an activating group) is 1. The second kappa shape index (κ2) is 8.01. The summed E-state index contributed by atoms with van der Waals surface area (Å²) in [5.41, 5.74) is 3.22. The smallest absolute Gasteiger partial charge is 0.336 e.